The Morgan fingerprint density at radius 1 is 0.941 bits per heavy atom. The van der Waals surface area contributed by atoms with E-state index in [2.05, 4.69) is 5.32 Å². The lowest BCUT2D eigenvalue weighted by atomic mass is 10.1. The highest BCUT2D eigenvalue weighted by molar-refractivity contribution is 7.93. The van der Waals surface area contributed by atoms with E-state index in [0.29, 0.717) is 16.9 Å². The van der Waals surface area contributed by atoms with Crippen molar-refractivity contribution in [3.05, 3.63) is 100.0 Å². The summed E-state index contributed by atoms with van der Waals surface area (Å²) < 4.78 is 42.9. The van der Waals surface area contributed by atoms with E-state index in [9.17, 15) is 17.6 Å². The lowest BCUT2D eigenvalue weighted by Gasteiger charge is -2.21. The van der Waals surface area contributed by atoms with Crippen molar-refractivity contribution in [1.29, 1.82) is 0 Å². The molecule has 174 valence electrons. The van der Waals surface area contributed by atoms with Gasteiger partial charge < -0.3 is 5.32 Å². The number of carbonyl (C=O) groups is 1. The van der Waals surface area contributed by atoms with Crippen LogP contribution in [-0.2, 0) is 10.0 Å². The van der Waals surface area contributed by atoms with E-state index in [0.717, 1.165) is 26.8 Å². The quantitative estimate of drug-likeness (QED) is 0.345. The lowest BCUT2D eigenvalue weighted by molar-refractivity contribution is 0.102. The van der Waals surface area contributed by atoms with Crippen LogP contribution in [0.1, 0.15) is 20.8 Å². The van der Waals surface area contributed by atoms with Crippen LogP contribution in [0, 0.1) is 19.7 Å². The molecule has 3 aromatic carbocycles. The fourth-order valence-electron chi connectivity index (χ4n) is 3.54. The molecular weight excluding hydrogens is 471 g/mol. The predicted molar refractivity (Wildman–Crippen MR) is 136 cm³/mol. The Morgan fingerprint density at radius 2 is 1.65 bits per heavy atom. The molecule has 1 aromatic heterocycles. The average molecular weight is 495 g/mol. The Bertz CT molecular complexity index is 1460. The van der Waals surface area contributed by atoms with Crippen LogP contribution in [0.25, 0.3) is 11.1 Å². The number of carbonyl (C=O) groups excluding carboxylic acids is 1. The van der Waals surface area contributed by atoms with Gasteiger partial charge in [0, 0.05) is 23.7 Å². The molecule has 0 saturated carbocycles. The second-order valence-corrected chi connectivity index (χ2v) is 10.7. The van der Waals surface area contributed by atoms with E-state index in [4.69, 9.17) is 0 Å². The smallest absolute Gasteiger partial charge is 0.267 e. The van der Waals surface area contributed by atoms with Crippen LogP contribution >= 0.6 is 11.3 Å². The molecule has 0 atom stereocenters. The maximum atomic E-state index is 14.0. The second kappa shape index (κ2) is 9.40. The summed E-state index contributed by atoms with van der Waals surface area (Å²) in [6, 6.07) is 20.0. The minimum atomic E-state index is -4.17. The number of benzene rings is 3. The molecule has 0 radical (unpaired) electrons. The zero-order valence-electron chi connectivity index (χ0n) is 18.9. The first kappa shape index (κ1) is 23.7. The Morgan fingerprint density at radius 3 is 2.32 bits per heavy atom. The summed E-state index contributed by atoms with van der Waals surface area (Å²) in [7, 11) is -2.73. The summed E-state index contributed by atoms with van der Waals surface area (Å²) >= 11 is 1.01. The first-order valence-electron chi connectivity index (χ1n) is 10.5. The number of hydrogen-bond acceptors (Lipinski definition) is 4. The number of anilines is 2. The number of thiophene rings is 1. The van der Waals surface area contributed by atoms with Gasteiger partial charge in [-0.25, -0.2) is 12.8 Å². The number of nitrogens with zero attached hydrogens (tertiary/aromatic N) is 1. The standard InChI is InChI=1S/C26H23FN2O3S2/c1-17-10-12-21(13-11-17)28-26(30)24-25(23(16-33-24)19-7-5-8-20(27)15-19)34(31,32)29(3)22-9-4-6-18(2)14-22/h4-16H,1-3H3,(H,28,30). The summed E-state index contributed by atoms with van der Waals surface area (Å²) in [4.78, 5) is 13.1. The van der Waals surface area contributed by atoms with E-state index >= 15 is 0 Å². The Kier molecular flexibility index (Phi) is 6.54. The van der Waals surface area contributed by atoms with Gasteiger partial charge in [-0.1, -0.05) is 42.0 Å². The topological polar surface area (TPSA) is 66.5 Å². The summed E-state index contributed by atoms with van der Waals surface area (Å²) in [5, 5.41) is 4.36. The summed E-state index contributed by atoms with van der Waals surface area (Å²) in [5.74, 6) is -1.04. The van der Waals surface area contributed by atoms with E-state index < -0.39 is 21.7 Å². The molecule has 0 spiro atoms. The van der Waals surface area contributed by atoms with Gasteiger partial charge in [0.25, 0.3) is 15.9 Å². The molecule has 34 heavy (non-hydrogen) atoms. The molecular formula is C26H23FN2O3S2. The van der Waals surface area contributed by atoms with Gasteiger partial charge in [-0.3, -0.25) is 9.10 Å². The van der Waals surface area contributed by atoms with E-state index in [1.165, 1.54) is 25.2 Å². The van der Waals surface area contributed by atoms with Crippen molar-refractivity contribution >= 4 is 38.6 Å². The zero-order valence-corrected chi connectivity index (χ0v) is 20.5. The third-order valence-corrected chi connectivity index (χ3v) is 8.36. The maximum Gasteiger partial charge on any atom is 0.267 e. The van der Waals surface area contributed by atoms with Gasteiger partial charge in [-0.2, -0.15) is 0 Å². The first-order valence-corrected chi connectivity index (χ1v) is 12.8. The third-order valence-electron chi connectivity index (χ3n) is 5.38. The van der Waals surface area contributed by atoms with Gasteiger partial charge in [-0.15, -0.1) is 11.3 Å². The van der Waals surface area contributed by atoms with Crippen LogP contribution in [-0.4, -0.2) is 21.4 Å². The molecule has 0 aliphatic heterocycles. The van der Waals surface area contributed by atoms with Crippen LogP contribution in [0.3, 0.4) is 0 Å². The SMILES string of the molecule is Cc1ccc(NC(=O)c2scc(-c3cccc(F)c3)c2S(=O)(=O)N(C)c2cccc(C)c2)cc1. The average Bonchev–Trinajstić information content (AvgIpc) is 3.26. The molecule has 0 aliphatic carbocycles. The molecule has 4 rings (SSSR count). The van der Waals surface area contributed by atoms with Gasteiger partial charge in [0.15, 0.2) is 0 Å². The van der Waals surface area contributed by atoms with Crippen molar-refractivity contribution in [2.45, 2.75) is 18.7 Å². The highest BCUT2D eigenvalue weighted by Crippen LogP contribution is 2.38. The number of sulfonamides is 1. The number of aryl methyl sites for hydroxylation is 2. The monoisotopic (exact) mass is 494 g/mol. The number of rotatable bonds is 6. The van der Waals surface area contributed by atoms with Crippen LogP contribution in [0.15, 0.2) is 83.1 Å². The van der Waals surface area contributed by atoms with Crippen LogP contribution in [0.5, 0.6) is 0 Å². The molecule has 0 unspecified atom stereocenters. The minimum absolute atomic E-state index is 0.0272. The summed E-state index contributed by atoms with van der Waals surface area (Å²) in [5.41, 5.74) is 3.59. The molecule has 8 heteroatoms. The lowest BCUT2D eigenvalue weighted by Crippen LogP contribution is -2.28. The fourth-order valence-corrected chi connectivity index (χ4v) is 6.39. The van der Waals surface area contributed by atoms with Gasteiger partial charge in [0.2, 0.25) is 0 Å². The van der Waals surface area contributed by atoms with Crippen LogP contribution < -0.4 is 9.62 Å². The number of hydrogen-bond donors (Lipinski definition) is 1. The Labute approximate surface area is 202 Å². The number of amides is 1. The molecule has 0 saturated heterocycles. The normalized spacial score (nSPS) is 11.3. The van der Waals surface area contributed by atoms with Crippen LogP contribution in [0.2, 0.25) is 0 Å². The molecule has 4 aromatic rings. The number of nitrogens with one attached hydrogen (secondary N) is 1. The van der Waals surface area contributed by atoms with E-state index in [1.54, 1.807) is 41.8 Å². The van der Waals surface area contributed by atoms with Crippen LogP contribution in [0.4, 0.5) is 15.8 Å². The molecule has 1 N–H and O–H groups in total. The van der Waals surface area contributed by atoms with Crippen molar-refractivity contribution < 1.29 is 17.6 Å². The van der Waals surface area contributed by atoms with Gasteiger partial charge >= 0.3 is 0 Å². The fraction of sp³-hybridized carbons (Fsp3) is 0.115. The highest BCUT2D eigenvalue weighted by Gasteiger charge is 2.33. The van der Waals surface area contributed by atoms with Crippen molar-refractivity contribution in [3.8, 4) is 11.1 Å². The van der Waals surface area contributed by atoms with E-state index in [1.807, 2.05) is 32.0 Å². The van der Waals surface area contributed by atoms with Gasteiger partial charge in [0.1, 0.15) is 15.6 Å². The Hall–Kier alpha value is -3.49. The second-order valence-electron chi connectivity index (χ2n) is 7.95. The minimum Gasteiger partial charge on any atom is -0.321 e. The predicted octanol–water partition coefficient (Wildman–Crippen LogP) is 6.25. The van der Waals surface area contributed by atoms with E-state index in [-0.39, 0.29) is 15.3 Å². The molecule has 0 aliphatic rings. The van der Waals surface area contributed by atoms with Crippen molar-refractivity contribution in [2.75, 3.05) is 16.7 Å². The number of halogens is 1. The molecule has 0 bridgehead atoms. The van der Waals surface area contributed by atoms with Crippen molar-refractivity contribution in [1.82, 2.24) is 0 Å². The summed E-state index contributed by atoms with van der Waals surface area (Å²) in [6.45, 7) is 3.80. The maximum absolute atomic E-state index is 14.0. The first-order chi connectivity index (χ1) is 16.2. The Balaban J connectivity index is 1.85. The summed E-state index contributed by atoms with van der Waals surface area (Å²) in [6.07, 6.45) is 0. The van der Waals surface area contributed by atoms with Crippen molar-refractivity contribution in [2.24, 2.45) is 0 Å². The largest absolute Gasteiger partial charge is 0.321 e. The molecule has 5 nitrogen and oxygen atoms in total. The molecule has 0 fully saturated rings. The molecule has 1 amide bonds. The van der Waals surface area contributed by atoms with Gasteiger partial charge in [0.05, 0.1) is 5.69 Å². The highest BCUT2D eigenvalue weighted by atomic mass is 32.2. The van der Waals surface area contributed by atoms with Crippen molar-refractivity contribution in [3.63, 3.8) is 0 Å². The van der Waals surface area contributed by atoms with Gasteiger partial charge in [-0.05, 0) is 61.4 Å². The third kappa shape index (κ3) is 4.73. The zero-order chi connectivity index (χ0) is 24.5. The molecule has 1 heterocycles.